The van der Waals surface area contributed by atoms with E-state index in [1.54, 1.807) is 12.1 Å². The molecular formula is C14H11ClF2O5S. The number of hydrogen-bond donors (Lipinski definition) is 0. The van der Waals surface area contributed by atoms with E-state index in [1.165, 1.54) is 19.2 Å². The van der Waals surface area contributed by atoms with Gasteiger partial charge in [0.25, 0.3) is 0 Å². The Balaban J connectivity index is 2.31. The maximum absolute atomic E-state index is 12.2. The Hall–Kier alpha value is -2.06. The summed E-state index contributed by atoms with van der Waals surface area (Å²) in [4.78, 5) is -0.310. The summed E-state index contributed by atoms with van der Waals surface area (Å²) >= 11 is 5.74. The highest BCUT2D eigenvalue weighted by atomic mass is 35.5. The van der Waals surface area contributed by atoms with Crippen LogP contribution in [0.3, 0.4) is 0 Å². The molecule has 0 fully saturated rings. The second kappa shape index (κ2) is 7.01. The first kappa shape index (κ1) is 17.3. The first-order chi connectivity index (χ1) is 10.8. The summed E-state index contributed by atoms with van der Waals surface area (Å²) in [6.45, 7) is -3.07. The summed E-state index contributed by atoms with van der Waals surface area (Å²) in [5, 5.41) is -0.282. The van der Waals surface area contributed by atoms with Crippen molar-refractivity contribution in [1.29, 1.82) is 0 Å². The van der Waals surface area contributed by atoms with Crippen molar-refractivity contribution in [1.82, 2.24) is 0 Å². The van der Waals surface area contributed by atoms with E-state index in [2.05, 4.69) is 4.74 Å². The molecule has 0 unspecified atom stereocenters. The van der Waals surface area contributed by atoms with Crippen LogP contribution in [0.2, 0.25) is 5.02 Å². The van der Waals surface area contributed by atoms with Gasteiger partial charge in [0.2, 0.25) is 0 Å². The topological polar surface area (TPSA) is 61.8 Å². The number of alkyl halides is 2. The molecule has 0 heterocycles. The van der Waals surface area contributed by atoms with E-state index < -0.39 is 16.7 Å². The highest BCUT2D eigenvalue weighted by Gasteiger charge is 2.21. The second-order valence-electron chi connectivity index (χ2n) is 4.16. The van der Waals surface area contributed by atoms with Gasteiger partial charge in [-0.3, -0.25) is 0 Å². The summed E-state index contributed by atoms with van der Waals surface area (Å²) in [6, 6.07) is 9.18. The molecular weight excluding hydrogens is 354 g/mol. The van der Waals surface area contributed by atoms with Gasteiger partial charge < -0.3 is 13.7 Å². The van der Waals surface area contributed by atoms with Crippen LogP contribution in [0, 0.1) is 0 Å². The first-order valence-electron chi connectivity index (χ1n) is 6.15. The van der Waals surface area contributed by atoms with E-state index in [-0.39, 0.29) is 27.2 Å². The van der Waals surface area contributed by atoms with Gasteiger partial charge in [-0.15, -0.1) is 0 Å². The molecule has 0 spiro atoms. The molecule has 0 aliphatic heterocycles. The van der Waals surface area contributed by atoms with Crippen LogP contribution in [-0.4, -0.2) is 22.1 Å². The Labute approximate surface area is 136 Å². The third kappa shape index (κ3) is 4.23. The Morgan fingerprint density at radius 1 is 1.04 bits per heavy atom. The molecule has 2 rings (SSSR count). The molecule has 0 amide bonds. The van der Waals surface area contributed by atoms with Crippen LogP contribution in [0.4, 0.5) is 8.78 Å². The Kier molecular flexibility index (Phi) is 5.27. The van der Waals surface area contributed by atoms with Crippen LogP contribution in [0.25, 0.3) is 0 Å². The predicted molar refractivity (Wildman–Crippen MR) is 78.9 cm³/mol. The maximum atomic E-state index is 12.2. The number of para-hydroxylation sites is 2. The highest BCUT2D eigenvalue weighted by Crippen LogP contribution is 2.32. The summed E-state index contributed by atoms with van der Waals surface area (Å²) in [7, 11) is -2.86. The van der Waals surface area contributed by atoms with Gasteiger partial charge in [-0.1, -0.05) is 23.7 Å². The molecule has 2 aromatic rings. The van der Waals surface area contributed by atoms with Gasteiger partial charge in [0.15, 0.2) is 11.5 Å². The zero-order valence-electron chi connectivity index (χ0n) is 11.7. The molecule has 9 heteroatoms. The quantitative estimate of drug-likeness (QED) is 0.731. The maximum Gasteiger partial charge on any atom is 0.387 e. The van der Waals surface area contributed by atoms with Crippen molar-refractivity contribution >= 4 is 21.7 Å². The smallest absolute Gasteiger partial charge is 0.387 e. The van der Waals surface area contributed by atoms with Crippen LogP contribution in [-0.2, 0) is 10.1 Å². The van der Waals surface area contributed by atoms with E-state index in [0.717, 1.165) is 18.2 Å². The van der Waals surface area contributed by atoms with E-state index in [9.17, 15) is 17.2 Å². The van der Waals surface area contributed by atoms with E-state index >= 15 is 0 Å². The van der Waals surface area contributed by atoms with Gasteiger partial charge in [-0.25, -0.2) is 0 Å². The Morgan fingerprint density at radius 3 is 2.26 bits per heavy atom. The Bertz CT molecular complexity index is 796. The third-order valence-electron chi connectivity index (χ3n) is 2.68. The van der Waals surface area contributed by atoms with Crippen molar-refractivity contribution in [2.45, 2.75) is 11.5 Å². The molecule has 0 N–H and O–H groups in total. The van der Waals surface area contributed by atoms with Crippen LogP contribution < -0.4 is 13.7 Å². The van der Waals surface area contributed by atoms with Crippen molar-refractivity contribution in [3.63, 3.8) is 0 Å². The fraction of sp³-hybridized carbons (Fsp3) is 0.143. The minimum atomic E-state index is -4.22. The van der Waals surface area contributed by atoms with Gasteiger partial charge in [-0.05, 0) is 30.3 Å². The van der Waals surface area contributed by atoms with Crippen LogP contribution >= 0.6 is 11.6 Å². The van der Waals surface area contributed by atoms with Gasteiger partial charge in [0.1, 0.15) is 10.6 Å². The predicted octanol–water partition coefficient (Wildman–Crippen LogP) is 3.72. The van der Waals surface area contributed by atoms with E-state index in [1.807, 2.05) is 0 Å². The summed E-state index contributed by atoms with van der Waals surface area (Å²) in [6.07, 6.45) is 0. The summed E-state index contributed by atoms with van der Waals surface area (Å²) in [5.41, 5.74) is 0. The average Bonchev–Trinajstić information content (AvgIpc) is 2.49. The van der Waals surface area contributed by atoms with Crippen LogP contribution in [0.1, 0.15) is 0 Å². The van der Waals surface area contributed by atoms with Gasteiger partial charge in [0, 0.05) is 0 Å². The third-order valence-corrected chi connectivity index (χ3v) is 4.20. The highest BCUT2D eigenvalue weighted by molar-refractivity contribution is 7.87. The van der Waals surface area contributed by atoms with Crippen molar-refractivity contribution in [3.05, 3.63) is 47.5 Å². The zero-order valence-corrected chi connectivity index (χ0v) is 13.3. The van der Waals surface area contributed by atoms with E-state index in [4.69, 9.17) is 20.5 Å². The minimum absolute atomic E-state index is 0.0148. The lowest BCUT2D eigenvalue weighted by Gasteiger charge is -2.11. The second-order valence-corrected chi connectivity index (χ2v) is 6.11. The number of hydrogen-bond acceptors (Lipinski definition) is 5. The zero-order chi connectivity index (χ0) is 17.0. The molecule has 0 bridgehead atoms. The SMILES string of the molecule is COc1ccccc1OS(=O)(=O)c1ccc(OC(F)F)c(Cl)c1. The van der Waals surface area contributed by atoms with Gasteiger partial charge in [0.05, 0.1) is 12.1 Å². The fourth-order valence-electron chi connectivity index (χ4n) is 1.68. The van der Waals surface area contributed by atoms with E-state index in [0.29, 0.717) is 0 Å². The van der Waals surface area contributed by atoms with Gasteiger partial charge in [-0.2, -0.15) is 17.2 Å². The van der Waals surface area contributed by atoms with Crippen molar-refractivity contribution in [2.75, 3.05) is 7.11 Å². The number of halogens is 3. The molecule has 0 saturated heterocycles. The van der Waals surface area contributed by atoms with Crippen LogP contribution in [0.5, 0.6) is 17.2 Å². The summed E-state index contributed by atoms with van der Waals surface area (Å²) in [5.74, 6) is -0.128. The number of rotatable bonds is 6. The lowest BCUT2D eigenvalue weighted by atomic mass is 10.3. The average molecular weight is 365 g/mol. The minimum Gasteiger partial charge on any atom is -0.493 e. The standard InChI is InChI=1S/C14H11ClF2O5S/c1-20-12-4-2-3-5-13(12)22-23(18,19)9-6-7-11(10(15)8-9)21-14(16)17/h2-8,14H,1H3. The number of methoxy groups -OCH3 is 1. The molecule has 0 atom stereocenters. The molecule has 0 aliphatic carbocycles. The fourth-order valence-corrected chi connectivity index (χ4v) is 2.94. The lowest BCUT2D eigenvalue weighted by Crippen LogP contribution is -2.11. The molecule has 0 aromatic heterocycles. The molecule has 0 saturated carbocycles. The molecule has 124 valence electrons. The Morgan fingerprint density at radius 2 is 1.70 bits per heavy atom. The normalized spacial score (nSPS) is 11.3. The molecule has 23 heavy (non-hydrogen) atoms. The lowest BCUT2D eigenvalue weighted by molar-refractivity contribution is -0.0498. The largest absolute Gasteiger partial charge is 0.493 e. The van der Waals surface area contributed by atoms with Crippen molar-refractivity contribution < 1.29 is 30.9 Å². The van der Waals surface area contributed by atoms with Crippen LogP contribution in [0.15, 0.2) is 47.4 Å². The molecule has 2 aromatic carbocycles. The monoisotopic (exact) mass is 364 g/mol. The van der Waals surface area contributed by atoms with Gasteiger partial charge >= 0.3 is 16.7 Å². The molecule has 5 nitrogen and oxygen atoms in total. The summed E-state index contributed by atoms with van der Waals surface area (Å²) < 4.78 is 62.9. The van der Waals surface area contributed by atoms with Crippen molar-refractivity contribution in [2.24, 2.45) is 0 Å². The van der Waals surface area contributed by atoms with Crippen molar-refractivity contribution in [3.8, 4) is 17.2 Å². The number of benzene rings is 2. The molecule has 0 radical (unpaired) electrons. The molecule has 0 aliphatic rings. The first-order valence-corrected chi connectivity index (χ1v) is 7.94. The number of ether oxygens (including phenoxy) is 2.